The maximum absolute atomic E-state index is 11.3. The molecule has 0 N–H and O–H groups in total. The molecule has 1 aliphatic rings. The van der Waals surface area contributed by atoms with Crippen LogP contribution in [0.25, 0.3) is 0 Å². The molecule has 11 heteroatoms. The number of nitro benzene ring substituents is 3. The van der Waals surface area contributed by atoms with Crippen LogP contribution < -0.4 is 5.01 Å². The lowest BCUT2D eigenvalue weighted by atomic mass is 9.89. The van der Waals surface area contributed by atoms with Crippen molar-refractivity contribution in [1.82, 2.24) is 0 Å². The van der Waals surface area contributed by atoms with Crippen LogP contribution in [-0.4, -0.2) is 27.0 Å². The van der Waals surface area contributed by atoms with Gasteiger partial charge in [0.25, 0.3) is 5.69 Å². The first-order chi connectivity index (χ1) is 11.0. The summed E-state index contributed by atoms with van der Waals surface area (Å²) in [5.41, 5.74) is -2.03. The van der Waals surface area contributed by atoms with Crippen molar-refractivity contribution in [2.24, 2.45) is 10.5 Å². The zero-order chi connectivity index (χ0) is 18.2. The zero-order valence-corrected chi connectivity index (χ0v) is 13.3. The Morgan fingerprint density at radius 2 is 1.50 bits per heavy atom. The molecule has 11 nitrogen and oxygen atoms in total. The maximum Gasteiger partial charge on any atom is 0.308 e. The van der Waals surface area contributed by atoms with Crippen molar-refractivity contribution in [2.75, 3.05) is 11.6 Å². The average molecular weight is 337 g/mol. The van der Waals surface area contributed by atoms with Crippen molar-refractivity contribution >= 4 is 28.5 Å². The normalized spacial score (nSPS) is 14.5. The molecule has 0 aromatic heterocycles. The number of hydrogen-bond donors (Lipinski definition) is 0. The molecular formula is C13H15N5O6. The standard InChI is InChI=1S/C13H15N5O6/c1-13(2,3)11-4-5-15(14-11)12-9(17(21)22)6-8(16(19)20)7-10(12)18(23)24/h6-7H,4-5H2,1-3H3. The summed E-state index contributed by atoms with van der Waals surface area (Å²) in [6.45, 7) is 5.96. The highest BCUT2D eigenvalue weighted by molar-refractivity contribution is 5.93. The Balaban J connectivity index is 2.69. The molecule has 1 aromatic rings. The topological polar surface area (TPSA) is 145 Å². The number of non-ortho nitro benzene ring substituents is 1. The van der Waals surface area contributed by atoms with Gasteiger partial charge in [-0.3, -0.25) is 35.4 Å². The van der Waals surface area contributed by atoms with Gasteiger partial charge in [-0.1, -0.05) is 20.8 Å². The zero-order valence-electron chi connectivity index (χ0n) is 13.3. The fraction of sp³-hybridized carbons (Fsp3) is 0.462. The van der Waals surface area contributed by atoms with E-state index >= 15 is 0 Å². The smallest absolute Gasteiger partial charge is 0.258 e. The van der Waals surface area contributed by atoms with Crippen LogP contribution in [0.1, 0.15) is 27.2 Å². The van der Waals surface area contributed by atoms with Gasteiger partial charge in [0.05, 0.1) is 26.9 Å². The number of hydrazone groups is 1. The second kappa shape index (κ2) is 5.83. The Hall–Kier alpha value is -3.11. The van der Waals surface area contributed by atoms with Gasteiger partial charge in [0.1, 0.15) is 0 Å². The molecule has 2 rings (SSSR count). The monoisotopic (exact) mass is 337 g/mol. The largest absolute Gasteiger partial charge is 0.308 e. The first-order valence-electron chi connectivity index (χ1n) is 6.99. The summed E-state index contributed by atoms with van der Waals surface area (Å²) >= 11 is 0. The van der Waals surface area contributed by atoms with E-state index in [9.17, 15) is 30.3 Å². The molecular weight excluding hydrogens is 322 g/mol. The molecule has 0 spiro atoms. The molecule has 0 unspecified atom stereocenters. The highest BCUT2D eigenvalue weighted by Crippen LogP contribution is 2.42. The van der Waals surface area contributed by atoms with Gasteiger partial charge in [-0.2, -0.15) is 5.10 Å². The van der Waals surface area contributed by atoms with Gasteiger partial charge in [-0.25, -0.2) is 0 Å². The third-order valence-corrected chi connectivity index (χ3v) is 3.58. The van der Waals surface area contributed by atoms with Gasteiger partial charge in [-0.15, -0.1) is 0 Å². The average Bonchev–Trinajstić information content (AvgIpc) is 2.94. The van der Waals surface area contributed by atoms with E-state index in [1.54, 1.807) is 0 Å². The molecule has 0 fully saturated rings. The van der Waals surface area contributed by atoms with E-state index < -0.39 is 31.8 Å². The Labute approximate surface area is 136 Å². The van der Waals surface area contributed by atoms with Crippen LogP contribution in [0.3, 0.4) is 0 Å². The van der Waals surface area contributed by atoms with Gasteiger partial charge >= 0.3 is 11.4 Å². The molecule has 0 aliphatic carbocycles. The SMILES string of the molecule is CC(C)(C)C1=NN(c2c([N+](=O)[O-])cc([N+](=O)[O-])cc2[N+](=O)[O-])CC1. The van der Waals surface area contributed by atoms with Gasteiger partial charge in [-0.05, 0) is 0 Å². The number of rotatable bonds is 4. The lowest BCUT2D eigenvalue weighted by Gasteiger charge is -2.17. The van der Waals surface area contributed by atoms with Crippen molar-refractivity contribution in [3.05, 3.63) is 42.5 Å². The summed E-state index contributed by atoms with van der Waals surface area (Å²) in [4.78, 5) is 30.8. The summed E-state index contributed by atoms with van der Waals surface area (Å²) in [5, 5.41) is 38.9. The minimum atomic E-state index is -0.905. The lowest BCUT2D eigenvalue weighted by Crippen LogP contribution is -2.18. The van der Waals surface area contributed by atoms with Gasteiger partial charge < -0.3 is 0 Å². The molecule has 24 heavy (non-hydrogen) atoms. The summed E-state index contributed by atoms with van der Waals surface area (Å²) in [6, 6.07) is 1.43. The number of benzene rings is 1. The molecule has 0 saturated heterocycles. The Morgan fingerprint density at radius 3 is 1.83 bits per heavy atom. The number of hydrogen-bond acceptors (Lipinski definition) is 8. The maximum atomic E-state index is 11.3. The fourth-order valence-corrected chi connectivity index (χ4v) is 2.38. The van der Waals surface area contributed by atoms with Crippen LogP contribution in [0.2, 0.25) is 0 Å². The van der Waals surface area contributed by atoms with E-state index in [0.29, 0.717) is 18.6 Å². The summed E-state index contributed by atoms with van der Waals surface area (Å²) < 4.78 is 0. The highest BCUT2D eigenvalue weighted by Gasteiger charge is 2.37. The molecule has 128 valence electrons. The van der Waals surface area contributed by atoms with Gasteiger partial charge in [0.15, 0.2) is 0 Å². The number of nitrogens with zero attached hydrogens (tertiary/aromatic N) is 5. The molecule has 0 atom stereocenters. The van der Waals surface area contributed by atoms with Crippen LogP contribution in [0, 0.1) is 35.8 Å². The van der Waals surface area contributed by atoms with Gasteiger partial charge in [0, 0.05) is 24.1 Å². The van der Waals surface area contributed by atoms with E-state index in [1.165, 1.54) is 5.01 Å². The predicted molar refractivity (Wildman–Crippen MR) is 85.3 cm³/mol. The molecule has 1 aromatic carbocycles. The van der Waals surface area contributed by atoms with Crippen molar-refractivity contribution in [1.29, 1.82) is 0 Å². The molecule has 1 heterocycles. The lowest BCUT2D eigenvalue weighted by molar-refractivity contribution is -0.402. The number of anilines is 1. The van der Waals surface area contributed by atoms with E-state index in [2.05, 4.69) is 5.10 Å². The molecule has 0 amide bonds. The van der Waals surface area contributed by atoms with Crippen molar-refractivity contribution in [3.63, 3.8) is 0 Å². The predicted octanol–water partition coefficient (Wildman–Crippen LogP) is 3.02. The summed E-state index contributed by atoms with van der Waals surface area (Å²) in [7, 11) is 0. The van der Waals surface area contributed by atoms with E-state index in [-0.39, 0.29) is 17.6 Å². The second-order valence-electron chi connectivity index (χ2n) is 6.27. The Kier molecular flexibility index (Phi) is 4.19. The molecule has 1 aliphatic heterocycles. The van der Waals surface area contributed by atoms with E-state index in [4.69, 9.17) is 0 Å². The second-order valence-corrected chi connectivity index (χ2v) is 6.27. The first kappa shape index (κ1) is 17.2. The molecule has 0 radical (unpaired) electrons. The van der Waals surface area contributed by atoms with Crippen molar-refractivity contribution < 1.29 is 14.8 Å². The Morgan fingerprint density at radius 1 is 1.00 bits per heavy atom. The summed E-state index contributed by atoms with van der Waals surface area (Å²) in [5.74, 6) is 0. The quantitative estimate of drug-likeness (QED) is 0.606. The van der Waals surface area contributed by atoms with Crippen LogP contribution in [-0.2, 0) is 0 Å². The van der Waals surface area contributed by atoms with Crippen molar-refractivity contribution in [2.45, 2.75) is 27.2 Å². The minimum absolute atomic E-state index is 0.228. The third-order valence-electron chi connectivity index (χ3n) is 3.58. The third kappa shape index (κ3) is 3.14. The van der Waals surface area contributed by atoms with E-state index in [1.807, 2.05) is 20.8 Å². The highest BCUT2D eigenvalue weighted by atomic mass is 16.6. The fourth-order valence-electron chi connectivity index (χ4n) is 2.38. The molecule has 0 saturated carbocycles. The van der Waals surface area contributed by atoms with Crippen LogP contribution >= 0.6 is 0 Å². The molecule has 0 bridgehead atoms. The number of nitro groups is 3. The Bertz CT molecular complexity index is 732. The van der Waals surface area contributed by atoms with Crippen molar-refractivity contribution in [3.8, 4) is 0 Å². The van der Waals surface area contributed by atoms with E-state index in [0.717, 1.165) is 5.71 Å². The first-order valence-corrected chi connectivity index (χ1v) is 6.99. The van der Waals surface area contributed by atoms with Crippen LogP contribution in [0.15, 0.2) is 17.2 Å². The minimum Gasteiger partial charge on any atom is -0.258 e. The van der Waals surface area contributed by atoms with Crippen LogP contribution in [0.4, 0.5) is 22.7 Å². The van der Waals surface area contributed by atoms with Gasteiger partial charge in [0.2, 0.25) is 5.69 Å². The summed E-state index contributed by atoms with van der Waals surface area (Å²) in [6.07, 6.45) is 0.495. The van der Waals surface area contributed by atoms with Crippen LogP contribution in [0.5, 0.6) is 0 Å².